The summed E-state index contributed by atoms with van der Waals surface area (Å²) in [7, 11) is 0. The summed E-state index contributed by atoms with van der Waals surface area (Å²) >= 11 is 3.75. The lowest BCUT2D eigenvalue weighted by Gasteiger charge is -2.22. The van der Waals surface area contributed by atoms with Crippen molar-refractivity contribution in [1.82, 2.24) is 5.32 Å². The Bertz CT molecular complexity index is 323. The zero-order valence-electron chi connectivity index (χ0n) is 12.1. The van der Waals surface area contributed by atoms with Crippen LogP contribution in [0.4, 0.5) is 0 Å². The van der Waals surface area contributed by atoms with Crippen LogP contribution in [0, 0.1) is 16.7 Å². The predicted molar refractivity (Wildman–Crippen MR) is 78.8 cm³/mol. The van der Waals surface area contributed by atoms with Gasteiger partial charge in [0.05, 0.1) is 0 Å². The SMILES string of the molecule is CC1(C)C(C(=O)NC2CCCCCC2Br)C1(C)C. The van der Waals surface area contributed by atoms with E-state index < -0.39 is 0 Å². The van der Waals surface area contributed by atoms with Crippen molar-refractivity contribution < 1.29 is 4.79 Å². The van der Waals surface area contributed by atoms with Crippen molar-refractivity contribution >= 4 is 21.8 Å². The Morgan fingerprint density at radius 2 is 1.61 bits per heavy atom. The number of halogens is 1. The van der Waals surface area contributed by atoms with E-state index in [9.17, 15) is 4.79 Å². The zero-order chi connectivity index (χ0) is 13.6. The molecule has 2 aliphatic rings. The molecule has 2 aliphatic carbocycles. The summed E-state index contributed by atoms with van der Waals surface area (Å²) < 4.78 is 0. The van der Waals surface area contributed by atoms with Crippen LogP contribution in [-0.4, -0.2) is 16.8 Å². The highest BCUT2D eigenvalue weighted by Crippen LogP contribution is 2.68. The molecule has 1 amide bonds. The quantitative estimate of drug-likeness (QED) is 0.608. The van der Waals surface area contributed by atoms with Gasteiger partial charge in [0.1, 0.15) is 0 Å². The molecule has 2 atom stereocenters. The maximum absolute atomic E-state index is 12.4. The van der Waals surface area contributed by atoms with Gasteiger partial charge in [-0.1, -0.05) is 62.9 Å². The summed E-state index contributed by atoms with van der Waals surface area (Å²) in [4.78, 5) is 12.9. The highest BCUT2D eigenvalue weighted by atomic mass is 79.9. The first kappa shape index (κ1) is 14.4. The first-order valence-corrected chi connectivity index (χ1v) is 8.14. The van der Waals surface area contributed by atoms with Gasteiger partial charge in [0.15, 0.2) is 0 Å². The molecule has 3 heteroatoms. The van der Waals surface area contributed by atoms with E-state index >= 15 is 0 Å². The fourth-order valence-electron chi connectivity index (χ4n) is 3.54. The fourth-order valence-corrected chi connectivity index (χ4v) is 4.26. The molecule has 0 heterocycles. The summed E-state index contributed by atoms with van der Waals surface area (Å²) in [5.74, 6) is 0.439. The molecule has 0 aliphatic heterocycles. The van der Waals surface area contributed by atoms with Crippen LogP contribution in [-0.2, 0) is 4.79 Å². The largest absolute Gasteiger partial charge is 0.352 e. The predicted octanol–water partition coefficient (Wildman–Crippen LogP) is 3.88. The van der Waals surface area contributed by atoms with E-state index in [1.165, 1.54) is 25.7 Å². The lowest BCUT2D eigenvalue weighted by Crippen LogP contribution is -2.42. The molecule has 0 bridgehead atoms. The minimum atomic E-state index is 0.142. The Balaban J connectivity index is 1.96. The van der Waals surface area contributed by atoms with E-state index in [-0.39, 0.29) is 22.7 Å². The van der Waals surface area contributed by atoms with E-state index in [0.717, 1.165) is 6.42 Å². The normalized spacial score (nSPS) is 34.7. The molecule has 0 aromatic rings. The van der Waals surface area contributed by atoms with Gasteiger partial charge in [-0.15, -0.1) is 0 Å². The van der Waals surface area contributed by atoms with Crippen LogP contribution in [0.5, 0.6) is 0 Å². The van der Waals surface area contributed by atoms with E-state index in [1.807, 2.05) is 0 Å². The van der Waals surface area contributed by atoms with Gasteiger partial charge in [0.25, 0.3) is 0 Å². The summed E-state index contributed by atoms with van der Waals surface area (Å²) in [5, 5.41) is 3.30. The molecule has 1 N–H and O–H groups in total. The van der Waals surface area contributed by atoms with Gasteiger partial charge in [-0.25, -0.2) is 0 Å². The van der Waals surface area contributed by atoms with Gasteiger partial charge in [-0.3, -0.25) is 4.79 Å². The Labute approximate surface area is 119 Å². The number of alkyl halides is 1. The molecule has 0 saturated heterocycles. The first-order chi connectivity index (χ1) is 8.28. The molecule has 2 unspecified atom stereocenters. The molecule has 2 rings (SSSR count). The summed E-state index contributed by atoms with van der Waals surface area (Å²) in [6, 6.07) is 0.326. The van der Waals surface area contributed by atoms with E-state index in [2.05, 4.69) is 48.9 Å². The second-order valence-electron chi connectivity index (χ2n) is 7.15. The number of hydrogen-bond acceptors (Lipinski definition) is 1. The third-order valence-corrected chi connectivity index (χ3v) is 6.64. The Morgan fingerprint density at radius 1 is 1.06 bits per heavy atom. The number of carbonyl (C=O) groups excluding carboxylic acids is 1. The Kier molecular flexibility index (Phi) is 3.84. The highest BCUT2D eigenvalue weighted by Gasteiger charge is 2.68. The minimum Gasteiger partial charge on any atom is -0.352 e. The second kappa shape index (κ2) is 4.81. The topological polar surface area (TPSA) is 29.1 Å². The number of nitrogens with one attached hydrogen (secondary N) is 1. The Morgan fingerprint density at radius 3 is 2.17 bits per heavy atom. The second-order valence-corrected chi connectivity index (χ2v) is 8.32. The molecule has 0 spiro atoms. The van der Waals surface area contributed by atoms with Gasteiger partial charge in [0, 0.05) is 16.8 Å². The van der Waals surface area contributed by atoms with E-state index in [1.54, 1.807) is 0 Å². The van der Waals surface area contributed by atoms with Crippen molar-refractivity contribution in [1.29, 1.82) is 0 Å². The maximum atomic E-state index is 12.4. The van der Waals surface area contributed by atoms with Crippen molar-refractivity contribution in [2.45, 2.75) is 70.7 Å². The molecule has 18 heavy (non-hydrogen) atoms. The molecular weight excluding hydrogens is 290 g/mol. The van der Waals surface area contributed by atoms with Crippen molar-refractivity contribution in [3.8, 4) is 0 Å². The molecule has 2 nitrogen and oxygen atoms in total. The van der Waals surface area contributed by atoms with Crippen molar-refractivity contribution in [3.63, 3.8) is 0 Å². The van der Waals surface area contributed by atoms with Crippen molar-refractivity contribution in [3.05, 3.63) is 0 Å². The first-order valence-electron chi connectivity index (χ1n) is 7.23. The molecule has 0 aromatic carbocycles. The summed E-state index contributed by atoms with van der Waals surface area (Å²) in [6.45, 7) is 8.82. The number of amides is 1. The number of rotatable bonds is 2. The molecule has 2 fully saturated rings. The average molecular weight is 316 g/mol. The van der Waals surface area contributed by atoms with Crippen LogP contribution in [0.25, 0.3) is 0 Å². The third-order valence-electron chi connectivity index (χ3n) is 5.54. The molecule has 104 valence electrons. The van der Waals surface area contributed by atoms with Crippen LogP contribution < -0.4 is 5.32 Å². The van der Waals surface area contributed by atoms with Crippen molar-refractivity contribution in [2.24, 2.45) is 16.7 Å². The Hall–Kier alpha value is -0.0500. The fraction of sp³-hybridized carbons (Fsp3) is 0.933. The molecule has 0 aromatic heterocycles. The van der Waals surface area contributed by atoms with Gasteiger partial charge in [0.2, 0.25) is 5.91 Å². The lowest BCUT2D eigenvalue weighted by atomic mass is 10.0. The zero-order valence-corrected chi connectivity index (χ0v) is 13.6. The van der Waals surface area contributed by atoms with Crippen molar-refractivity contribution in [2.75, 3.05) is 0 Å². The van der Waals surface area contributed by atoms with E-state index in [0.29, 0.717) is 10.9 Å². The van der Waals surface area contributed by atoms with Crippen LogP contribution in [0.1, 0.15) is 59.8 Å². The smallest absolute Gasteiger partial charge is 0.224 e. The lowest BCUT2D eigenvalue weighted by molar-refractivity contribution is -0.124. The van der Waals surface area contributed by atoms with Gasteiger partial charge < -0.3 is 5.32 Å². The highest BCUT2D eigenvalue weighted by molar-refractivity contribution is 9.09. The van der Waals surface area contributed by atoms with Gasteiger partial charge in [-0.2, -0.15) is 0 Å². The number of hydrogen-bond donors (Lipinski definition) is 1. The summed E-state index contributed by atoms with van der Waals surface area (Å²) in [6.07, 6.45) is 6.12. The third kappa shape index (κ3) is 2.35. The monoisotopic (exact) mass is 315 g/mol. The van der Waals surface area contributed by atoms with Gasteiger partial charge >= 0.3 is 0 Å². The summed E-state index contributed by atoms with van der Waals surface area (Å²) in [5.41, 5.74) is 0.285. The van der Waals surface area contributed by atoms with Crippen LogP contribution in [0.3, 0.4) is 0 Å². The van der Waals surface area contributed by atoms with Crippen LogP contribution >= 0.6 is 15.9 Å². The van der Waals surface area contributed by atoms with Gasteiger partial charge in [-0.05, 0) is 23.7 Å². The standard InChI is InChI=1S/C15H26BrNO/c1-14(2)12(15(14,3)4)13(18)17-11-9-7-5-6-8-10(11)16/h10-12H,5-9H2,1-4H3,(H,17,18). The van der Waals surface area contributed by atoms with E-state index in [4.69, 9.17) is 0 Å². The van der Waals surface area contributed by atoms with Crippen LogP contribution in [0.15, 0.2) is 0 Å². The molecule has 0 radical (unpaired) electrons. The maximum Gasteiger partial charge on any atom is 0.224 e. The average Bonchev–Trinajstić information content (AvgIpc) is 2.75. The molecular formula is C15H26BrNO. The van der Waals surface area contributed by atoms with Crippen LogP contribution in [0.2, 0.25) is 0 Å². The minimum absolute atomic E-state index is 0.142. The number of carbonyl (C=O) groups is 1. The molecule has 2 saturated carbocycles.